The van der Waals surface area contributed by atoms with Crippen LogP contribution >= 0.6 is 0 Å². The SMILES string of the molecule is CC(=O)OC(=O)c1cc(N=Nc2ccc(OC(C)=O)c(C(=O)OC(C)=O)c2)ccc1OC(C)=O.COC(=O)c1cc(N=Nc2ccc(OC(C)=O)c(C(=O)OC)c2)ccc1OC(C)=O.O=C(O)c1cc(N=Nc2ccc(O)c(C(=O)O)c2)ccc1O.O=C(O)c1cc([N+](=O)[O-])ccc1O. The van der Waals surface area contributed by atoms with Crippen molar-refractivity contribution in [2.45, 2.75) is 41.5 Å². The summed E-state index contributed by atoms with van der Waals surface area (Å²) < 4.78 is 38.3. The van der Waals surface area contributed by atoms with Crippen LogP contribution in [0.5, 0.6) is 40.2 Å². The molecule has 0 spiro atoms. The summed E-state index contributed by atoms with van der Waals surface area (Å²) in [6.07, 6.45) is 0. The summed E-state index contributed by atoms with van der Waals surface area (Å²) in [5.74, 6) is -13.5. The summed E-state index contributed by atoms with van der Waals surface area (Å²) in [6, 6.07) is 26.1. The molecule has 0 aromatic heterocycles. The molecule has 0 saturated carbocycles. The highest BCUT2D eigenvalue weighted by atomic mass is 16.6. The number of carboxylic acids is 3. The predicted octanol–water partition coefficient (Wildman–Crippen LogP) is 10.8. The smallest absolute Gasteiger partial charge is 0.349 e. The minimum atomic E-state index is -1.40. The maximum atomic E-state index is 12.2. The van der Waals surface area contributed by atoms with Gasteiger partial charge in [0.25, 0.3) is 5.69 Å². The first-order chi connectivity index (χ1) is 46.6. The standard InChI is InChI=1S/C22H18N2O10.C20H18N2O8.C14H10N2O6.C7H5NO5/c1-11(25)31-19-7-5-15(9-17(19)21(29)33-13(3)27)23-24-16-6-8-20(32-12(2)26)18(10-16)22(30)34-14(4)28;1-11(23)29-17-7-5-13(9-15(17)19(25)27-3)21-22-14-6-8-18(30-12(2)24)16(10-14)20(26)28-4;17-11-3-1-7(5-9(11)13(19)20)15-16-8-2-4-12(18)10(6-8)14(21)22;9-6-2-1-4(8(12)13)3-5(6)7(10)11/h5-10H,1-4H3;5-10H,1-4H3;1-6,17-18H,(H,19,20)(H,21,22);1-3,9H,(H,10,11). The first-order valence-electron chi connectivity index (χ1n) is 27.1. The lowest BCUT2D eigenvalue weighted by Gasteiger charge is -2.09. The number of carbonyl (C=O) groups excluding carboxylic acids is 10. The van der Waals surface area contributed by atoms with Crippen molar-refractivity contribution in [3.63, 3.8) is 0 Å². The number of aromatic carboxylic acids is 3. The first kappa shape index (κ1) is 77.1. The molecule has 0 atom stereocenters. The third-order valence-corrected chi connectivity index (χ3v) is 11.3. The molecule has 0 amide bonds. The van der Waals surface area contributed by atoms with Crippen molar-refractivity contribution in [3.05, 3.63) is 176 Å². The number of non-ortho nitro benzene ring substituents is 1. The molecule has 512 valence electrons. The number of nitro groups is 1. The van der Waals surface area contributed by atoms with Gasteiger partial charge in [-0.3, -0.25) is 38.9 Å². The normalized spacial score (nSPS) is 10.3. The highest BCUT2D eigenvalue weighted by Crippen LogP contribution is 2.33. The summed E-state index contributed by atoms with van der Waals surface area (Å²) in [5.41, 5.74) is -0.965. The van der Waals surface area contributed by atoms with E-state index in [1.54, 1.807) is 0 Å². The van der Waals surface area contributed by atoms with E-state index in [1.165, 1.54) is 113 Å². The number of esters is 10. The molecular formula is C63H51N7O29. The van der Waals surface area contributed by atoms with Crippen molar-refractivity contribution >= 4 is 117 Å². The number of azo groups is 3. The molecule has 0 fully saturated rings. The van der Waals surface area contributed by atoms with Crippen molar-refractivity contribution in [2.24, 2.45) is 30.7 Å². The van der Waals surface area contributed by atoms with Crippen LogP contribution in [-0.4, -0.2) is 127 Å². The van der Waals surface area contributed by atoms with Gasteiger partial charge in [-0.05, 0) is 115 Å². The number of rotatable bonds is 18. The molecule has 0 radical (unpaired) electrons. The van der Waals surface area contributed by atoms with Crippen LogP contribution < -0.4 is 18.9 Å². The monoisotopic (exact) mass is 1370 g/mol. The summed E-state index contributed by atoms with van der Waals surface area (Å²) in [4.78, 5) is 157. The van der Waals surface area contributed by atoms with Gasteiger partial charge >= 0.3 is 77.6 Å². The highest BCUT2D eigenvalue weighted by Gasteiger charge is 2.23. The van der Waals surface area contributed by atoms with Crippen molar-refractivity contribution in [2.75, 3.05) is 14.2 Å². The van der Waals surface area contributed by atoms with Gasteiger partial charge in [-0.25, -0.2) is 33.6 Å². The van der Waals surface area contributed by atoms with E-state index in [0.717, 1.165) is 70.2 Å². The van der Waals surface area contributed by atoms with Crippen LogP contribution in [0.2, 0.25) is 0 Å². The van der Waals surface area contributed by atoms with E-state index in [2.05, 4.69) is 49.6 Å². The zero-order valence-electron chi connectivity index (χ0n) is 52.3. The third-order valence-electron chi connectivity index (χ3n) is 11.3. The molecule has 7 aromatic carbocycles. The number of methoxy groups -OCH3 is 2. The number of nitrogens with zero attached hydrogens (tertiary/aromatic N) is 7. The maximum Gasteiger partial charge on any atom is 0.349 e. The fourth-order valence-corrected chi connectivity index (χ4v) is 7.20. The van der Waals surface area contributed by atoms with Crippen LogP contribution in [0.3, 0.4) is 0 Å². The second kappa shape index (κ2) is 36.2. The van der Waals surface area contributed by atoms with Crippen LogP contribution in [-0.2, 0) is 47.7 Å². The topological polar surface area (TPSA) is 534 Å². The number of ether oxygens (including phenoxy) is 8. The lowest BCUT2D eigenvalue weighted by molar-refractivity contribution is -0.384. The van der Waals surface area contributed by atoms with Crippen LogP contribution in [0.4, 0.5) is 39.8 Å². The van der Waals surface area contributed by atoms with Gasteiger partial charge in [0.2, 0.25) is 0 Å². The van der Waals surface area contributed by atoms with E-state index < -0.39 is 105 Å². The van der Waals surface area contributed by atoms with Crippen LogP contribution in [0.25, 0.3) is 0 Å². The van der Waals surface area contributed by atoms with Gasteiger partial charge in [-0.15, -0.1) is 0 Å². The Labute approximate surface area is 554 Å². The van der Waals surface area contributed by atoms with Crippen molar-refractivity contribution in [1.29, 1.82) is 0 Å². The Hall–Kier alpha value is -14.4. The molecule has 0 aliphatic carbocycles. The number of hydrogen-bond acceptors (Lipinski definition) is 32. The average molecular weight is 1370 g/mol. The summed E-state index contributed by atoms with van der Waals surface area (Å²) in [5, 5.41) is 87.6. The molecule has 0 aliphatic heterocycles. The Morgan fingerprint density at radius 3 is 0.768 bits per heavy atom. The van der Waals surface area contributed by atoms with E-state index in [4.69, 9.17) is 39.4 Å². The van der Waals surface area contributed by atoms with Crippen molar-refractivity contribution < 1.29 is 136 Å². The molecule has 0 saturated heterocycles. The molecular weight excluding hydrogens is 1320 g/mol. The minimum absolute atomic E-state index is 0.00962. The zero-order valence-corrected chi connectivity index (χ0v) is 52.3. The lowest BCUT2D eigenvalue weighted by atomic mass is 10.1. The molecule has 36 heteroatoms. The molecule has 7 rings (SSSR count). The third kappa shape index (κ3) is 24.2. The van der Waals surface area contributed by atoms with Gasteiger partial charge < -0.3 is 68.5 Å². The Morgan fingerprint density at radius 2 is 0.545 bits per heavy atom. The van der Waals surface area contributed by atoms with Crippen LogP contribution in [0, 0.1) is 10.1 Å². The van der Waals surface area contributed by atoms with E-state index in [0.29, 0.717) is 0 Å². The van der Waals surface area contributed by atoms with E-state index in [-0.39, 0.29) is 96.2 Å². The van der Waals surface area contributed by atoms with Gasteiger partial charge in [0, 0.05) is 53.7 Å². The lowest BCUT2D eigenvalue weighted by Crippen LogP contribution is -2.12. The number of benzene rings is 7. The van der Waals surface area contributed by atoms with Gasteiger partial charge in [0.05, 0.1) is 53.3 Å². The molecule has 6 N–H and O–H groups in total. The summed E-state index contributed by atoms with van der Waals surface area (Å²) in [7, 11) is 2.38. The minimum Gasteiger partial charge on any atom is -0.507 e. The van der Waals surface area contributed by atoms with E-state index in [9.17, 15) is 82.7 Å². The Balaban J connectivity index is 0.000000293. The zero-order chi connectivity index (χ0) is 74.0. The van der Waals surface area contributed by atoms with Gasteiger partial charge in [0.15, 0.2) is 0 Å². The highest BCUT2D eigenvalue weighted by molar-refractivity contribution is 6.01. The second-order valence-electron chi connectivity index (χ2n) is 18.7. The van der Waals surface area contributed by atoms with Crippen LogP contribution in [0.1, 0.15) is 114 Å². The number of hydrogen-bond donors (Lipinski definition) is 6. The fraction of sp³-hybridized carbons (Fsp3) is 0.127. The fourth-order valence-electron chi connectivity index (χ4n) is 7.20. The largest absolute Gasteiger partial charge is 0.507 e. The summed E-state index contributed by atoms with van der Waals surface area (Å²) in [6.45, 7) is 6.71. The first-order valence-corrected chi connectivity index (χ1v) is 27.1. The Bertz CT molecular complexity index is 4240. The molecule has 0 unspecified atom stereocenters. The maximum absolute atomic E-state index is 12.2. The Morgan fingerprint density at radius 1 is 0.323 bits per heavy atom. The van der Waals surface area contributed by atoms with Gasteiger partial charge in [0.1, 0.15) is 79.2 Å². The number of carbonyl (C=O) groups is 13. The number of phenols is 3. The van der Waals surface area contributed by atoms with Gasteiger partial charge in [-0.1, -0.05) is 0 Å². The molecule has 0 heterocycles. The summed E-state index contributed by atoms with van der Waals surface area (Å²) >= 11 is 0. The molecule has 99 heavy (non-hydrogen) atoms. The molecule has 7 aromatic rings. The van der Waals surface area contributed by atoms with Crippen molar-refractivity contribution in [1.82, 2.24) is 0 Å². The number of carboxylic acid groups (broad SMARTS) is 3. The predicted molar refractivity (Wildman–Crippen MR) is 330 cm³/mol. The average Bonchev–Trinajstić information content (AvgIpc) is 0.858. The quantitative estimate of drug-likeness (QED) is 0.00884. The van der Waals surface area contributed by atoms with E-state index in [1.807, 2.05) is 0 Å². The van der Waals surface area contributed by atoms with Crippen LogP contribution in [0.15, 0.2) is 158 Å². The number of nitro benzene ring substituents is 1. The molecule has 0 bridgehead atoms. The molecule has 36 nitrogen and oxygen atoms in total. The molecule has 0 aliphatic rings. The van der Waals surface area contributed by atoms with Crippen molar-refractivity contribution in [3.8, 4) is 40.2 Å². The number of aromatic hydroxyl groups is 3. The second-order valence-corrected chi connectivity index (χ2v) is 18.7. The van der Waals surface area contributed by atoms with E-state index >= 15 is 0 Å². The Kier molecular flexibility index (Phi) is 28.2. The van der Waals surface area contributed by atoms with Gasteiger partial charge in [-0.2, -0.15) is 30.7 Å².